The van der Waals surface area contributed by atoms with Gasteiger partial charge in [0.15, 0.2) is 5.82 Å². The molecule has 1 aromatic heterocycles. The van der Waals surface area contributed by atoms with E-state index in [2.05, 4.69) is 76.7 Å². The smallest absolute Gasteiger partial charge is 0.162 e. The van der Waals surface area contributed by atoms with Crippen molar-refractivity contribution >= 4 is 44.3 Å². The first-order chi connectivity index (χ1) is 10.1. The quantitative estimate of drug-likeness (QED) is 0.624. The molecular weight excluding hydrogens is 441 g/mol. The highest BCUT2D eigenvalue weighted by atomic mass is 127. The number of rotatable bonds is 5. The van der Waals surface area contributed by atoms with Crippen molar-refractivity contribution in [1.82, 2.24) is 9.97 Å². The summed E-state index contributed by atoms with van der Waals surface area (Å²) < 4.78 is 2.21. The molecule has 2 rings (SSSR count). The number of hydrogen-bond donors (Lipinski definition) is 1. The van der Waals surface area contributed by atoms with Gasteiger partial charge in [-0.25, -0.2) is 9.97 Å². The Bertz CT molecular complexity index is 616. The largest absolute Gasteiger partial charge is 0.369 e. The SMILES string of the molecule is CCCc1nc(-c2ccc(Br)cc2C)nc(NCC)c1I. The lowest BCUT2D eigenvalue weighted by atomic mass is 10.1. The summed E-state index contributed by atoms with van der Waals surface area (Å²) in [7, 11) is 0. The Morgan fingerprint density at radius 1 is 1.24 bits per heavy atom. The third-order valence-electron chi connectivity index (χ3n) is 3.18. The number of anilines is 1. The minimum absolute atomic E-state index is 0.805. The molecule has 3 nitrogen and oxygen atoms in total. The van der Waals surface area contributed by atoms with Gasteiger partial charge in [0, 0.05) is 16.6 Å². The van der Waals surface area contributed by atoms with Crippen LogP contribution in [0.3, 0.4) is 0 Å². The highest BCUT2D eigenvalue weighted by Gasteiger charge is 2.14. The second-order valence-electron chi connectivity index (χ2n) is 4.90. The fourth-order valence-electron chi connectivity index (χ4n) is 2.18. The molecule has 0 unspecified atom stereocenters. The maximum absolute atomic E-state index is 4.79. The van der Waals surface area contributed by atoms with Gasteiger partial charge in [-0.2, -0.15) is 0 Å². The van der Waals surface area contributed by atoms with E-state index in [1.54, 1.807) is 0 Å². The third kappa shape index (κ3) is 3.94. The van der Waals surface area contributed by atoms with Crippen LogP contribution in [0.5, 0.6) is 0 Å². The van der Waals surface area contributed by atoms with Crippen molar-refractivity contribution in [2.75, 3.05) is 11.9 Å². The Balaban J connectivity index is 2.56. The predicted octanol–water partition coefficient (Wildman–Crippen LogP) is 5.20. The minimum Gasteiger partial charge on any atom is -0.369 e. The number of aromatic nitrogens is 2. The molecule has 5 heteroatoms. The lowest BCUT2D eigenvalue weighted by Gasteiger charge is -2.13. The van der Waals surface area contributed by atoms with E-state index >= 15 is 0 Å². The number of aryl methyl sites for hydroxylation is 2. The van der Waals surface area contributed by atoms with Crippen LogP contribution < -0.4 is 5.32 Å². The lowest BCUT2D eigenvalue weighted by molar-refractivity contribution is 0.866. The highest BCUT2D eigenvalue weighted by molar-refractivity contribution is 14.1. The molecule has 0 fully saturated rings. The zero-order chi connectivity index (χ0) is 15.4. The van der Waals surface area contributed by atoms with Crippen molar-refractivity contribution in [2.45, 2.75) is 33.6 Å². The molecular formula is C16H19BrIN3. The summed E-state index contributed by atoms with van der Waals surface area (Å²) in [4.78, 5) is 9.51. The van der Waals surface area contributed by atoms with Crippen LogP contribution in [0.1, 0.15) is 31.5 Å². The molecule has 0 radical (unpaired) electrons. The van der Waals surface area contributed by atoms with Crippen molar-refractivity contribution in [1.29, 1.82) is 0 Å². The van der Waals surface area contributed by atoms with Crippen LogP contribution in [-0.2, 0) is 6.42 Å². The number of hydrogen-bond acceptors (Lipinski definition) is 3. The molecule has 0 aliphatic carbocycles. The van der Waals surface area contributed by atoms with E-state index in [9.17, 15) is 0 Å². The van der Waals surface area contributed by atoms with Gasteiger partial charge in [-0.3, -0.25) is 0 Å². The number of halogens is 2. The van der Waals surface area contributed by atoms with Gasteiger partial charge in [-0.05, 0) is 66.6 Å². The summed E-state index contributed by atoms with van der Waals surface area (Å²) in [5.74, 6) is 1.74. The molecule has 0 saturated heterocycles. The molecule has 0 atom stereocenters. The van der Waals surface area contributed by atoms with Gasteiger partial charge < -0.3 is 5.32 Å². The first-order valence-corrected chi connectivity index (χ1v) is 9.00. The van der Waals surface area contributed by atoms with Crippen molar-refractivity contribution < 1.29 is 0 Å². The number of benzene rings is 1. The molecule has 1 heterocycles. The molecule has 112 valence electrons. The summed E-state index contributed by atoms with van der Waals surface area (Å²) in [6.45, 7) is 7.21. The van der Waals surface area contributed by atoms with Crippen molar-refractivity contribution in [3.05, 3.63) is 37.5 Å². The predicted molar refractivity (Wildman–Crippen MR) is 101 cm³/mol. The van der Waals surface area contributed by atoms with E-state index in [0.29, 0.717) is 0 Å². The van der Waals surface area contributed by atoms with E-state index in [4.69, 9.17) is 9.97 Å². The fourth-order valence-corrected chi connectivity index (χ4v) is 3.36. The summed E-state index contributed by atoms with van der Waals surface area (Å²) >= 11 is 5.85. The number of nitrogens with one attached hydrogen (secondary N) is 1. The maximum Gasteiger partial charge on any atom is 0.162 e. The Hall–Kier alpha value is -0.690. The van der Waals surface area contributed by atoms with Gasteiger partial charge in [-0.15, -0.1) is 0 Å². The van der Waals surface area contributed by atoms with Crippen LogP contribution in [-0.4, -0.2) is 16.5 Å². The first-order valence-electron chi connectivity index (χ1n) is 7.13. The van der Waals surface area contributed by atoms with Gasteiger partial charge in [0.05, 0.1) is 9.26 Å². The standard InChI is InChI=1S/C16H19BrIN3/c1-4-6-13-14(18)16(19-5-2)21-15(20-13)12-8-7-11(17)9-10(12)3/h7-9H,4-6H2,1-3H3,(H,19,20,21). The summed E-state index contributed by atoms with van der Waals surface area (Å²) in [5.41, 5.74) is 3.39. The molecule has 21 heavy (non-hydrogen) atoms. The van der Waals surface area contributed by atoms with Gasteiger partial charge in [0.1, 0.15) is 5.82 Å². The zero-order valence-corrected chi connectivity index (χ0v) is 16.2. The lowest BCUT2D eigenvalue weighted by Crippen LogP contribution is -2.08. The summed E-state index contributed by atoms with van der Waals surface area (Å²) in [5, 5.41) is 3.35. The van der Waals surface area contributed by atoms with E-state index in [1.165, 1.54) is 5.56 Å². The minimum atomic E-state index is 0.805. The molecule has 1 aromatic carbocycles. The first kappa shape index (κ1) is 16.7. The molecule has 0 amide bonds. The molecule has 0 bridgehead atoms. The Morgan fingerprint density at radius 2 is 2.00 bits per heavy atom. The highest BCUT2D eigenvalue weighted by Crippen LogP contribution is 2.28. The molecule has 0 aliphatic heterocycles. The molecule has 0 saturated carbocycles. The molecule has 2 aromatic rings. The summed E-state index contributed by atoms with van der Waals surface area (Å²) in [6.07, 6.45) is 2.05. The second-order valence-corrected chi connectivity index (χ2v) is 6.89. The van der Waals surface area contributed by atoms with Gasteiger partial charge in [0.25, 0.3) is 0 Å². The van der Waals surface area contributed by atoms with Crippen LogP contribution in [0.25, 0.3) is 11.4 Å². The van der Waals surface area contributed by atoms with Gasteiger partial charge in [-0.1, -0.05) is 29.3 Å². The second kappa shape index (κ2) is 7.54. The number of nitrogens with zero attached hydrogens (tertiary/aromatic N) is 2. The zero-order valence-electron chi connectivity index (χ0n) is 12.5. The molecule has 1 N–H and O–H groups in total. The Labute approximate surface area is 148 Å². The van der Waals surface area contributed by atoms with Crippen LogP contribution in [0.4, 0.5) is 5.82 Å². The van der Waals surface area contributed by atoms with Crippen LogP contribution >= 0.6 is 38.5 Å². The Morgan fingerprint density at radius 3 is 2.62 bits per heavy atom. The average Bonchev–Trinajstić information content (AvgIpc) is 2.43. The summed E-state index contributed by atoms with van der Waals surface area (Å²) in [6, 6.07) is 6.21. The van der Waals surface area contributed by atoms with Crippen molar-refractivity contribution in [2.24, 2.45) is 0 Å². The van der Waals surface area contributed by atoms with E-state index < -0.39 is 0 Å². The van der Waals surface area contributed by atoms with E-state index in [1.807, 2.05) is 6.07 Å². The normalized spacial score (nSPS) is 10.7. The maximum atomic E-state index is 4.79. The van der Waals surface area contributed by atoms with E-state index in [-0.39, 0.29) is 0 Å². The van der Waals surface area contributed by atoms with Crippen molar-refractivity contribution in [3.63, 3.8) is 0 Å². The Kier molecular flexibility index (Phi) is 5.98. The van der Waals surface area contributed by atoms with Gasteiger partial charge >= 0.3 is 0 Å². The third-order valence-corrected chi connectivity index (χ3v) is 4.81. The van der Waals surface area contributed by atoms with E-state index in [0.717, 1.165) is 50.3 Å². The van der Waals surface area contributed by atoms with Crippen LogP contribution in [0, 0.1) is 10.5 Å². The van der Waals surface area contributed by atoms with Crippen molar-refractivity contribution in [3.8, 4) is 11.4 Å². The fraction of sp³-hybridized carbons (Fsp3) is 0.375. The van der Waals surface area contributed by atoms with Crippen LogP contribution in [0.15, 0.2) is 22.7 Å². The molecule has 0 aliphatic rings. The van der Waals surface area contributed by atoms with Gasteiger partial charge in [0.2, 0.25) is 0 Å². The topological polar surface area (TPSA) is 37.8 Å². The molecule has 0 spiro atoms. The average molecular weight is 460 g/mol. The monoisotopic (exact) mass is 459 g/mol. The van der Waals surface area contributed by atoms with Crippen LogP contribution in [0.2, 0.25) is 0 Å².